The normalized spacial score (nSPS) is 24.7. The van der Waals surface area contributed by atoms with E-state index in [1.807, 2.05) is 12.4 Å². The van der Waals surface area contributed by atoms with Gasteiger partial charge in [-0.2, -0.15) is 0 Å². The molecule has 19 heavy (non-hydrogen) atoms. The van der Waals surface area contributed by atoms with Gasteiger partial charge in [-0.15, -0.1) is 0 Å². The average Bonchev–Trinajstić information content (AvgIpc) is 2.92. The minimum Gasteiger partial charge on any atom is -0.329 e. The molecule has 0 amide bonds. The van der Waals surface area contributed by atoms with E-state index in [1.165, 1.54) is 57.2 Å². The van der Waals surface area contributed by atoms with Crippen molar-refractivity contribution in [3.8, 4) is 0 Å². The van der Waals surface area contributed by atoms with Crippen molar-refractivity contribution < 1.29 is 0 Å². The van der Waals surface area contributed by atoms with E-state index < -0.39 is 0 Å². The highest BCUT2D eigenvalue weighted by atomic mass is 15.2. The van der Waals surface area contributed by atoms with Gasteiger partial charge in [0.05, 0.1) is 0 Å². The van der Waals surface area contributed by atoms with Gasteiger partial charge in [0.2, 0.25) is 0 Å². The fraction of sp³-hybridized carbons (Fsp3) is 0.688. The van der Waals surface area contributed by atoms with Gasteiger partial charge in [0.1, 0.15) is 0 Å². The topological polar surface area (TPSA) is 42.1 Å². The zero-order valence-electron chi connectivity index (χ0n) is 11.7. The molecule has 3 nitrogen and oxygen atoms in total. The number of piperidine rings is 1. The van der Waals surface area contributed by atoms with Crippen LogP contribution in [0.25, 0.3) is 0 Å². The molecule has 104 valence electrons. The highest BCUT2D eigenvalue weighted by Crippen LogP contribution is 2.47. The molecule has 0 aromatic carbocycles. The van der Waals surface area contributed by atoms with E-state index in [0.717, 1.165) is 0 Å². The second kappa shape index (κ2) is 5.59. The Balaban J connectivity index is 1.66. The second-order valence-electron chi connectivity index (χ2n) is 6.28. The van der Waals surface area contributed by atoms with Crippen LogP contribution in [0.5, 0.6) is 0 Å². The van der Waals surface area contributed by atoms with Crippen molar-refractivity contribution >= 4 is 0 Å². The van der Waals surface area contributed by atoms with Crippen molar-refractivity contribution in [3.05, 3.63) is 30.1 Å². The summed E-state index contributed by atoms with van der Waals surface area (Å²) in [5, 5.41) is 0. The van der Waals surface area contributed by atoms with Gasteiger partial charge < -0.3 is 5.73 Å². The SMILES string of the molecule is NCC(c1ccncc1)N1CCC2(CCCC2)CC1. The summed E-state index contributed by atoms with van der Waals surface area (Å²) in [6.45, 7) is 3.13. The summed E-state index contributed by atoms with van der Waals surface area (Å²) < 4.78 is 0. The van der Waals surface area contributed by atoms with Crippen molar-refractivity contribution in [2.45, 2.75) is 44.6 Å². The zero-order chi connectivity index (χ0) is 13.1. The first-order valence-electron chi connectivity index (χ1n) is 7.67. The highest BCUT2D eigenvalue weighted by Gasteiger charge is 2.38. The molecule has 2 fully saturated rings. The van der Waals surface area contributed by atoms with E-state index in [0.29, 0.717) is 18.0 Å². The Morgan fingerprint density at radius 2 is 1.74 bits per heavy atom. The van der Waals surface area contributed by atoms with Crippen LogP contribution in [0.15, 0.2) is 24.5 Å². The zero-order valence-corrected chi connectivity index (χ0v) is 11.7. The molecule has 0 radical (unpaired) electrons. The van der Waals surface area contributed by atoms with Gasteiger partial charge in [0.15, 0.2) is 0 Å². The lowest BCUT2D eigenvalue weighted by Crippen LogP contribution is -2.43. The van der Waals surface area contributed by atoms with E-state index >= 15 is 0 Å². The molecule has 1 atom stereocenters. The summed E-state index contributed by atoms with van der Waals surface area (Å²) in [7, 11) is 0. The first kappa shape index (κ1) is 13.1. The first-order valence-corrected chi connectivity index (χ1v) is 7.67. The number of nitrogens with zero attached hydrogens (tertiary/aromatic N) is 2. The molecule has 3 rings (SSSR count). The Morgan fingerprint density at radius 3 is 2.32 bits per heavy atom. The van der Waals surface area contributed by atoms with Crippen LogP contribution in [-0.4, -0.2) is 29.5 Å². The summed E-state index contributed by atoms with van der Waals surface area (Å²) in [4.78, 5) is 6.69. The maximum absolute atomic E-state index is 6.02. The number of hydrogen-bond acceptors (Lipinski definition) is 3. The lowest BCUT2D eigenvalue weighted by Gasteiger charge is -2.42. The Kier molecular flexibility index (Phi) is 3.85. The number of rotatable bonds is 3. The van der Waals surface area contributed by atoms with Gasteiger partial charge in [-0.05, 0) is 61.9 Å². The highest BCUT2D eigenvalue weighted by molar-refractivity contribution is 5.16. The van der Waals surface area contributed by atoms with Gasteiger partial charge in [0, 0.05) is 25.0 Å². The molecule has 1 saturated heterocycles. The maximum atomic E-state index is 6.02. The van der Waals surface area contributed by atoms with Crippen LogP contribution in [0.4, 0.5) is 0 Å². The predicted octanol–water partition coefficient (Wildman–Crippen LogP) is 2.74. The van der Waals surface area contributed by atoms with Crippen LogP contribution in [0.1, 0.15) is 50.1 Å². The van der Waals surface area contributed by atoms with Gasteiger partial charge in [-0.25, -0.2) is 0 Å². The number of hydrogen-bond donors (Lipinski definition) is 1. The van der Waals surface area contributed by atoms with E-state index in [9.17, 15) is 0 Å². The number of nitrogens with two attached hydrogens (primary N) is 1. The molecule has 1 spiro atoms. The van der Waals surface area contributed by atoms with Crippen LogP contribution in [-0.2, 0) is 0 Å². The molecule has 2 aliphatic rings. The molecule has 2 N–H and O–H groups in total. The standard InChI is InChI=1S/C16H25N3/c17-13-15(14-3-9-18-10-4-14)19-11-7-16(8-12-19)5-1-2-6-16/h3-4,9-10,15H,1-2,5-8,11-13,17H2. The van der Waals surface area contributed by atoms with Crippen molar-refractivity contribution in [2.75, 3.05) is 19.6 Å². The van der Waals surface area contributed by atoms with Crippen LogP contribution in [0.3, 0.4) is 0 Å². The van der Waals surface area contributed by atoms with Crippen LogP contribution < -0.4 is 5.73 Å². The molecule has 1 aliphatic heterocycles. The molecule has 1 unspecified atom stereocenters. The minimum atomic E-state index is 0.377. The van der Waals surface area contributed by atoms with Gasteiger partial charge in [-0.1, -0.05) is 12.8 Å². The largest absolute Gasteiger partial charge is 0.329 e. The van der Waals surface area contributed by atoms with Crippen molar-refractivity contribution in [2.24, 2.45) is 11.1 Å². The molecule has 1 aromatic rings. The lowest BCUT2D eigenvalue weighted by molar-refractivity contribution is 0.0780. The average molecular weight is 259 g/mol. The van der Waals surface area contributed by atoms with Gasteiger partial charge >= 0.3 is 0 Å². The second-order valence-corrected chi connectivity index (χ2v) is 6.28. The third-order valence-corrected chi connectivity index (χ3v) is 5.28. The maximum Gasteiger partial charge on any atom is 0.0471 e. The quantitative estimate of drug-likeness (QED) is 0.907. The smallest absolute Gasteiger partial charge is 0.0471 e. The number of likely N-dealkylation sites (tertiary alicyclic amines) is 1. The molecule has 1 aliphatic carbocycles. The molecule has 1 aromatic heterocycles. The lowest BCUT2D eigenvalue weighted by atomic mass is 9.76. The number of aromatic nitrogens is 1. The van der Waals surface area contributed by atoms with E-state index in [4.69, 9.17) is 5.73 Å². The van der Waals surface area contributed by atoms with E-state index in [-0.39, 0.29) is 0 Å². The predicted molar refractivity (Wildman–Crippen MR) is 77.7 cm³/mol. The minimum absolute atomic E-state index is 0.377. The van der Waals surface area contributed by atoms with E-state index in [1.54, 1.807) is 0 Å². The third-order valence-electron chi connectivity index (χ3n) is 5.28. The summed E-state index contributed by atoms with van der Waals surface area (Å²) in [6.07, 6.45) is 12.3. The van der Waals surface area contributed by atoms with Crippen LogP contribution >= 0.6 is 0 Å². The van der Waals surface area contributed by atoms with Crippen molar-refractivity contribution in [1.29, 1.82) is 0 Å². The summed E-state index contributed by atoms with van der Waals surface area (Å²) in [5.74, 6) is 0. The summed E-state index contributed by atoms with van der Waals surface area (Å²) in [5.41, 5.74) is 8.03. The Morgan fingerprint density at radius 1 is 1.11 bits per heavy atom. The summed E-state index contributed by atoms with van der Waals surface area (Å²) in [6, 6.07) is 4.59. The molecule has 3 heteroatoms. The molecule has 0 bridgehead atoms. The molecular formula is C16H25N3. The van der Waals surface area contributed by atoms with Gasteiger partial charge in [0.25, 0.3) is 0 Å². The Hall–Kier alpha value is -0.930. The molecule has 1 saturated carbocycles. The van der Waals surface area contributed by atoms with Crippen molar-refractivity contribution in [1.82, 2.24) is 9.88 Å². The van der Waals surface area contributed by atoms with Gasteiger partial charge in [-0.3, -0.25) is 9.88 Å². The third kappa shape index (κ3) is 2.67. The fourth-order valence-electron chi connectivity index (χ4n) is 4.02. The fourth-order valence-corrected chi connectivity index (χ4v) is 4.02. The monoisotopic (exact) mass is 259 g/mol. The van der Waals surface area contributed by atoms with Crippen molar-refractivity contribution in [3.63, 3.8) is 0 Å². The Labute approximate surface area is 116 Å². The summed E-state index contributed by atoms with van der Waals surface area (Å²) >= 11 is 0. The van der Waals surface area contributed by atoms with Crippen LogP contribution in [0, 0.1) is 5.41 Å². The molecular weight excluding hydrogens is 234 g/mol. The molecule has 2 heterocycles. The number of pyridine rings is 1. The first-order chi connectivity index (χ1) is 9.33. The Bertz CT molecular complexity index is 388. The van der Waals surface area contributed by atoms with Crippen LogP contribution in [0.2, 0.25) is 0 Å². The van der Waals surface area contributed by atoms with E-state index in [2.05, 4.69) is 22.0 Å².